The largest absolute Gasteiger partial charge is 0.423 e. The van der Waals surface area contributed by atoms with Crippen LogP contribution in [0, 0.1) is 11.3 Å². The predicted octanol–water partition coefficient (Wildman–Crippen LogP) is 5.73. The first-order valence-electron chi connectivity index (χ1n) is 10.2. The van der Waals surface area contributed by atoms with Crippen molar-refractivity contribution in [2.75, 3.05) is 0 Å². The molecule has 31 heavy (non-hydrogen) atoms. The molecule has 0 fully saturated rings. The lowest BCUT2D eigenvalue weighted by atomic mass is 10.1. The van der Waals surface area contributed by atoms with Crippen LogP contribution in [0.25, 0.3) is 0 Å². The highest BCUT2D eigenvalue weighted by Crippen LogP contribution is 2.18. The molecule has 0 aliphatic rings. The smallest absolute Gasteiger partial charge is 0.343 e. The van der Waals surface area contributed by atoms with Crippen LogP contribution >= 0.6 is 0 Å². The number of nitrogens with zero attached hydrogens (tertiary/aromatic N) is 1. The van der Waals surface area contributed by atoms with E-state index in [1.54, 1.807) is 48.5 Å². The highest BCUT2D eigenvalue weighted by atomic mass is 16.5. The number of carbonyl (C=O) groups is 2. The van der Waals surface area contributed by atoms with E-state index >= 15 is 0 Å². The zero-order chi connectivity index (χ0) is 22.1. The number of esters is 2. The van der Waals surface area contributed by atoms with Crippen LogP contribution in [0.1, 0.15) is 58.0 Å². The topological polar surface area (TPSA) is 76.4 Å². The van der Waals surface area contributed by atoms with Gasteiger partial charge < -0.3 is 9.47 Å². The second-order valence-corrected chi connectivity index (χ2v) is 7.09. The molecule has 0 heterocycles. The summed E-state index contributed by atoms with van der Waals surface area (Å²) in [5, 5.41) is 8.81. The van der Waals surface area contributed by atoms with Gasteiger partial charge in [0.1, 0.15) is 11.5 Å². The van der Waals surface area contributed by atoms with Crippen LogP contribution in [0.15, 0.2) is 72.8 Å². The Labute approximate surface area is 181 Å². The average molecular weight is 413 g/mol. The van der Waals surface area contributed by atoms with Gasteiger partial charge in [0.15, 0.2) is 0 Å². The molecule has 3 aromatic carbocycles. The van der Waals surface area contributed by atoms with Gasteiger partial charge in [0, 0.05) is 0 Å². The Morgan fingerprint density at radius 3 is 1.71 bits per heavy atom. The minimum atomic E-state index is -0.541. The van der Waals surface area contributed by atoms with Gasteiger partial charge in [-0.15, -0.1) is 0 Å². The van der Waals surface area contributed by atoms with E-state index in [1.165, 1.54) is 30.5 Å². The van der Waals surface area contributed by atoms with E-state index in [-0.39, 0.29) is 0 Å². The summed E-state index contributed by atoms with van der Waals surface area (Å²) in [6.45, 7) is 2.17. The van der Waals surface area contributed by atoms with E-state index < -0.39 is 11.9 Å². The van der Waals surface area contributed by atoms with E-state index in [9.17, 15) is 9.59 Å². The standard InChI is InChI=1S/C26H23NO4/c1-2-3-4-5-19-6-10-21(11-7-19)25(28)31-24-16-12-22(13-17-24)26(29)30-23-14-8-20(18-27)9-15-23/h6-17H,2-5H2,1H3. The number of nitriles is 1. The summed E-state index contributed by atoms with van der Waals surface area (Å²) in [5.41, 5.74) is 2.48. The molecule has 5 nitrogen and oxygen atoms in total. The summed E-state index contributed by atoms with van der Waals surface area (Å²) in [5.74, 6) is -0.307. The van der Waals surface area contributed by atoms with Gasteiger partial charge in [0.25, 0.3) is 0 Å². The Bertz CT molecular complexity index is 1060. The van der Waals surface area contributed by atoms with Crippen LogP contribution in [0.2, 0.25) is 0 Å². The number of carbonyl (C=O) groups excluding carboxylic acids is 2. The molecular weight excluding hydrogens is 390 g/mol. The molecule has 0 saturated carbocycles. The fourth-order valence-electron chi connectivity index (χ4n) is 2.98. The van der Waals surface area contributed by atoms with Crippen molar-refractivity contribution in [3.8, 4) is 17.6 Å². The number of hydrogen-bond donors (Lipinski definition) is 0. The number of unbranched alkanes of at least 4 members (excludes halogenated alkanes) is 2. The van der Waals surface area contributed by atoms with Gasteiger partial charge >= 0.3 is 11.9 Å². The summed E-state index contributed by atoms with van der Waals surface area (Å²) in [4.78, 5) is 24.6. The van der Waals surface area contributed by atoms with Crippen LogP contribution in [0.4, 0.5) is 0 Å². The van der Waals surface area contributed by atoms with Crippen LogP contribution in [0.3, 0.4) is 0 Å². The monoisotopic (exact) mass is 413 g/mol. The van der Waals surface area contributed by atoms with Gasteiger partial charge in [0.05, 0.1) is 22.8 Å². The van der Waals surface area contributed by atoms with Gasteiger partial charge in [-0.3, -0.25) is 0 Å². The molecule has 0 aromatic heterocycles. The Morgan fingerprint density at radius 1 is 0.742 bits per heavy atom. The quantitative estimate of drug-likeness (QED) is 0.268. The summed E-state index contributed by atoms with van der Waals surface area (Å²) >= 11 is 0. The lowest BCUT2D eigenvalue weighted by molar-refractivity contribution is 0.0730. The molecule has 3 aromatic rings. The Balaban J connectivity index is 1.56. The summed E-state index contributed by atoms with van der Waals surface area (Å²) < 4.78 is 10.7. The number of benzene rings is 3. The van der Waals surface area contributed by atoms with Gasteiger partial charge in [0.2, 0.25) is 0 Å². The van der Waals surface area contributed by atoms with Gasteiger partial charge in [-0.1, -0.05) is 31.9 Å². The summed E-state index contributed by atoms with van der Waals surface area (Å²) in [6, 6.07) is 21.9. The first kappa shape index (κ1) is 21.8. The molecule has 0 atom stereocenters. The number of rotatable bonds is 8. The molecule has 0 saturated heterocycles. The SMILES string of the molecule is CCCCCc1ccc(C(=O)Oc2ccc(C(=O)Oc3ccc(C#N)cc3)cc2)cc1. The van der Waals surface area contributed by atoms with Gasteiger partial charge in [-0.05, 0) is 79.1 Å². The van der Waals surface area contributed by atoms with E-state index in [0.29, 0.717) is 28.2 Å². The molecule has 0 N–H and O–H groups in total. The van der Waals surface area contributed by atoms with Crippen molar-refractivity contribution in [2.45, 2.75) is 32.6 Å². The molecule has 0 spiro atoms. The van der Waals surface area contributed by atoms with Crippen molar-refractivity contribution in [1.29, 1.82) is 5.26 Å². The van der Waals surface area contributed by atoms with Crippen LogP contribution in [0.5, 0.6) is 11.5 Å². The third kappa shape index (κ3) is 6.28. The fraction of sp³-hybridized carbons (Fsp3) is 0.192. The van der Waals surface area contributed by atoms with E-state index in [1.807, 2.05) is 18.2 Å². The summed E-state index contributed by atoms with van der Waals surface area (Å²) in [7, 11) is 0. The third-order valence-corrected chi connectivity index (χ3v) is 4.75. The number of ether oxygens (including phenoxy) is 2. The van der Waals surface area contributed by atoms with Crippen molar-refractivity contribution in [2.24, 2.45) is 0 Å². The minimum Gasteiger partial charge on any atom is -0.423 e. The molecule has 156 valence electrons. The maximum absolute atomic E-state index is 12.4. The molecule has 0 unspecified atom stereocenters. The molecule has 0 bridgehead atoms. The highest BCUT2D eigenvalue weighted by molar-refractivity contribution is 5.92. The molecule has 0 amide bonds. The predicted molar refractivity (Wildman–Crippen MR) is 117 cm³/mol. The van der Waals surface area contributed by atoms with Crippen LogP contribution in [-0.4, -0.2) is 11.9 Å². The second kappa shape index (κ2) is 10.7. The first-order valence-corrected chi connectivity index (χ1v) is 10.2. The molecule has 3 rings (SSSR count). The fourth-order valence-corrected chi connectivity index (χ4v) is 2.98. The number of hydrogen-bond acceptors (Lipinski definition) is 5. The van der Waals surface area contributed by atoms with Crippen LogP contribution < -0.4 is 9.47 Å². The molecular formula is C26H23NO4. The van der Waals surface area contributed by atoms with E-state index in [4.69, 9.17) is 14.7 Å². The van der Waals surface area contributed by atoms with Crippen molar-refractivity contribution < 1.29 is 19.1 Å². The maximum atomic E-state index is 12.4. The Hall–Kier alpha value is -3.91. The van der Waals surface area contributed by atoms with Crippen molar-refractivity contribution in [3.05, 3.63) is 95.1 Å². The van der Waals surface area contributed by atoms with E-state index in [2.05, 4.69) is 6.92 Å². The number of aryl methyl sites for hydroxylation is 1. The molecule has 0 aliphatic heterocycles. The van der Waals surface area contributed by atoms with E-state index in [0.717, 1.165) is 12.8 Å². The van der Waals surface area contributed by atoms with Crippen LogP contribution in [-0.2, 0) is 6.42 Å². The van der Waals surface area contributed by atoms with Crippen molar-refractivity contribution >= 4 is 11.9 Å². The Kier molecular flexibility index (Phi) is 7.56. The van der Waals surface area contributed by atoms with Gasteiger partial charge in [-0.25, -0.2) is 9.59 Å². The van der Waals surface area contributed by atoms with Crippen molar-refractivity contribution in [3.63, 3.8) is 0 Å². The van der Waals surface area contributed by atoms with Gasteiger partial charge in [-0.2, -0.15) is 5.26 Å². The lowest BCUT2D eigenvalue weighted by Crippen LogP contribution is -2.10. The molecule has 0 aliphatic carbocycles. The summed E-state index contributed by atoms with van der Waals surface area (Å²) in [6.07, 6.45) is 4.51. The molecule has 5 heteroatoms. The highest BCUT2D eigenvalue weighted by Gasteiger charge is 2.12. The zero-order valence-corrected chi connectivity index (χ0v) is 17.3. The zero-order valence-electron chi connectivity index (χ0n) is 17.3. The maximum Gasteiger partial charge on any atom is 0.343 e. The lowest BCUT2D eigenvalue weighted by Gasteiger charge is -2.07. The minimum absolute atomic E-state index is 0.320. The molecule has 0 radical (unpaired) electrons. The van der Waals surface area contributed by atoms with Crippen molar-refractivity contribution in [1.82, 2.24) is 0 Å². The normalized spacial score (nSPS) is 10.2. The first-order chi connectivity index (χ1) is 15.1. The Morgan fingerprint density at radius 2 is 1.23 bits per heavy atom. The second-order valence-electron chi connectivity index (χ2n) is 7.09. The average Bonchev–Trinajstić information content (AvgIpc) is 2.80. The third-order valence-electron chi connectivity index (χ3n) is 4.75.